The molecule has 0 amide bonds. The average Bonchev–Trinajstić information content (AvgIpc) is 1.54. The maximum absolute atomic E-state index is 15.8. The second-order valence-electron chi connectivity index (χ2n) is 40.5. The summed E-state index contributed by atoms with van der Waals surface area (Å²) < 4.78 is 110. The van der Waals surface area contributed by atoms with E-state index in [2.05, 4.69) is 213 Å². The molecule has 11 aromatic rings. The number of fused-ring (bicyclic) bond motifs is 18. The number of aliphatic imine (C=N–C) groups is 4. The molecule has 0 radical (unpaired) electrons. The summed E-state index contributed by atoms with van der Waals surface area (Å²) in [6.45, 7) is 40.2. The van der Waals surface area contributed by atoms with E-state index in [-0.39, 0.29) is 11.8 Å². The molecular weight excluding hydrogens is 1840 g/mol. The molecule has 8 unspecified atom stereocenters. The molecule has 4 aliphatic rings. The third-order valence-corrected chi connectivity index (χ3v) is 38.8. The molecule has 139 heavy (non-hydrogen) atoms. The van der Waals surface area contributed by atoms with Crippen LogP contribution in [0.3, 0.4) is 0 Å². The van der Waals surface area contributed by atoms with E-state index in [4.69, 9.17) is 67.8 Å². The summed E-state index contributed by atoms with van der Waals surface area (Å²) >= 11 is -5.10. The normalized spacial score (nSPS) is 15.1. The third kappa shape index (κ3) is 24.3. The standard InChI is InChI=1S/C112H152N8O8.C7H4F3.In/c1-17-33-41-73(25-9)65-121-85-49-81-53-93-97(61-89(81)101(57-85)125-69-77(29-13)45-37-21-5)109-113-105(93)117-110-98-62-90-82(50-86(122-66-74(26-10)42-34-18-2)58-102(90)126-70-78(30-14)46-38-22-6)54-94(98)107(114-110)119-112-100-64-92-84(52-88(124-68-76(28-12)44-36-20-4)60-104(92)128-72-80(32-16)48-40-24-8)56-96(100)108(116-112)120-111-99-63-91-83(55-95(99)106(115-111)118-109)51-87(123-67-75(27-11)43-35-19-3)59-103(91)127-71-79(31-15)47-39-23-7;8-7(9,10)6-4-2-1-3-5-6;/h49-64,73-80H,17-48,65-72H2,1-16H3;2-5H;/q-2;;+2. The number of benzene rings is 9. The van der Waals surface area contributed by atoms with E-state index in [1.54, 1.807) is 12.1 Å². The van der Waals surface area contributed by atoms with E-state index in [1.807, 2.05) is 0 Å². The van der Waals surface area contributed by atoms with Crippen molar-refractivity contribution in [2.45, 2.75) is 322 Å². The van der Waals surface area contributed by atoms with Crippen molar-refractivity contribution in [3.63, 3.8) is 0 Å². The molecule has 0 saturated heterocycles. The van der Waals surface area contributed by atoms with Crippen molar-refractivity contribution < 1.29 is 51.1 Å². The molecule has 16 nitrogen and oxygen atoms in total. The van der Waals surface area contributed by atoms with Crippen LogP contribution in [0.5, 0.6) is 46.0 Å². The van der Waals surface area contributed by atoms with Gasteiger partial charge >= 0.3 is 667 Å². The molecule has 6 heterocycles. The number of aromatic nitrogens is 2. The number of halogens is 3. The first-order chi connectivity index (χ1) is 67.8. The predicted molar refractivity (Wildman–Crippen MR) is 573 cm³/mol. The van der Waals surface area contributed by atoms with Gasteiger partial charge in [-0.15, -0.1) is 0 Å². The molecule has 2 aromatic heterocycles. The first-order valence-corrected chi connectivity index (χ1v) is 58.9. The Bertz CT molecular complexity index is 6310. The second-order valence-corrected chi connectivity index (χ2v) is 47.5. The Morgan fingerprint density at radius 1 is 0.259 bits per heavy atom. The van der Waals surface area contributed by atoms with Crippen LogP contribution in [0.1, 0.15) is 344 Å². The van der Waals surface area contributed by atoms with Gasteiger partial charge in [-0.1, -0.05) is 160 Å². The zero-order valence-corrected chi connectivity index (χ0v) is 89.8. The van der Waals surface area contributed by atoms with Gasteiger partial charge in [0.1, 0.15) is 0 Å². The van der Waals surface area contributed by atoms with Crippen molar-refractivity contribution in [3.05, 3.63) is 160 Å². The van der Waals surface area contributed by atoms with E-state index in [0.29, 0.717) is 172 Å². The minimum absolute atomic E-state index is 0.281. The monoisotopic (exact) mass is 2000 g/mol. The van der Waals surface area contributed by atoms with Gasteiger partial charge in [0.2, 0.25) is 0 Å². The Labute approximate surface area is 834 Å². The minimum atomic E-state index is -5.10. The first kappa shape index (κ1) is 104. The molecule has 20 heteroatoms. The van der Waals surface area contributed by atoms with Crippen LogP contribution >= 0.6 is 0 Å². The van der Waals surface area contributed by atoms with Gasteiger partial charge in [-0.05, 0) is 12.8 Å². The van der Waals surface area contributed by atoms with Crippen LogP contribution in [0.15, 0.2) is 151 Å². The Hall–Kier alpha value is -9.56. The van der Waals surface area contributed by atoms with Crippen molar-refractivity contribution in [1.29, 1.82) is 0 Å². The van der Waals surface area contributed by atoms with Gasteiger partial charge in [0.15, 0.2) is 0 Å². The van der Waals surface area contributed by atoms with Crippen molar-refractivity contribution in [2.75, 3.05) is 52.9 Å². The number of ether oxygens (including phenoxy) is 8. The van der Waals surface area contributed by atoms with Gasteiger partial charge in [0, 0.05) is 0 Å². The molecule has 15 rings (SSSR count). The van der Waals surface area contributed by atoms with E-state index < -0.39 is 33.8 Å². The molecule has 6 bridgehead atoms. The van der Waals surface area contributed by atoms with Gasteiger partial charge in [-0.25, -0.2) is 0 Å². The fourth-order valence-electron chi connectivity index (χ4n) is 20.6. The molecular formula is C119H156F3InN8O8. The predicted octanol–water partition coefficient (Wildman–Crippen LogP) is 31.7. The topological polar surface area (TPSA) is 158 Å². The molecule has 8 atom stereocenters. The Morgan fingerprint density at radius 3 is 0.806 bits per heavy atom. The van der Waals surface area contributed by atoms with Crippen LogP contribution in [0.25, 0.3) is 64.6 Å². The average molecular weight is 2000 g/mol. The number of alkyl halides is 3. The fourth-order valence-corrected chi connectivity index (χ4v) is 29.4. The number of rotatable bonds is 57. The number of amidine groups is 4. The van der Waals surface area contributed by atoms with Crippen LogP contribution in [0.4, 0.5) is 24.8 Å². The van der Waals surface area contributed by atoms with Crippen LogP contribution in [0.2, 0.25) is 0 Å². The molecule has 0 fully saturated rings. The van der Waals surface area contributed by atoms with Gasteiger partial charge in [-0.3, -0.25) is 0 Å². The number of hydrogen-bond acceptors (Lipinski definition) is 14. The zero-order valence-electron chi connectivity index (χ0n) is 86.5. The van der Waals surface area contributed by atoms with Gasteiger partial charge in [0.25, 0.3) is 0 Å². The van der Waals surface area contributed by atoms with Crippen molar-refractivity contribution in [2.24, 2.45) is 77.3 Å². The maximum atomic E-state index is 15.8. The molecule has 744 valence electrons. The first-order valence-electron chi connectivity index (χ1n) is 54.3. The Kier molecular flexibility index (Phi) is 36.9. The SMILES string of the molecule is CCCCC(CC)COc1cc(OCC(CC)CCCC)c2cc3c(cc2c1)C1=Nc2c4cc5c(OCC(CC)CCCC)cc(OCC(CC)CCCC)cc5cc4c4[n]2[In]([c]2ccc(C(F)(F)F)cc2)[n]2c(c5cc6cc(OCC(CC)CCCC)cc(OCC(CC)CCCC)c6cc5c2=NC2=NC(=N4)c4cc5c(OCC(CC)CCCC)cc(OCC(CC)CCCC)cc5cc42)=NC3=N1. The summed E-state index contributed by atoms with van der Waals surface area (Å²) in [6, 6.07) is 40.6. The molecule has 0 saturated carbocycles. The molecule has 0 spiro atoms. The van der Waals surface area contributed by atoms with E-state index in [0.717, 1.165) is 304 Å². The quantitative estimate of drug-likeness (QED) is 0.0364. The van der Waals surface area contributed by atoms with Crippen LogP contribution < -0.4 is 52.2 Å². The number of nitrogens with zero attached hydrogens (tertiary/aromatic N) is 8. The molecule has 9 aromatic carbocycles. The summed E-state index contributed by atoms with van der Waals surface area (Å²) in [5, 5.41) is 9.82. The fraction of sp³-hybridized carbons (Fsp3) is 0.546. The van der Waals surface area contributed by atoms with Crippen molar-refractivity contribution >= 4 is 125 Å². The zero-order chi connectivity index (χ0) is 97.8. The molecule has 0 N–H and O–H groups in total. The van der Waals surface area contributed by atoms with E-state index in [1.165, 1.54) is 12.1 Å². The Morgan fingerprint density at radius 2 is 0.511 bits per heavy atom. The second kappa shape index (κ2) is 49.4. The number of hydrogen-bond donors (Lipinski definition) is 0. The Balaban J connectivity index is 1.12. The summed E-state index contributed by atoms with van der Waals surface area (Å²) in [7, 11) is 0. The van der Waals surface area contributed by atoms with E-state index in [9.17, 15) is 0 Å². The summed E-state index contributed by atoms with van der Waals surface area (Å²) in [6.07, 6.45) is 28.9. The van der Waals surface area contributed by atoms with Crippen LogP contribution in [-0.2, 0) is 6.18 Å². The number of unbranched alkanes of at least 4 members (excludes halogenated alkanes) is 8. The van der Waals surface area contributed by atoms with Gasteiger partial charge in [0.05, 0.1) is 0 Å². The van der Waals surface area contributed by atoms with Crippen molar-refractivity contribution in [3.8, 4) is 46.0 Å². The van der Waals surface area contributed by atoms with Gasteiger partial charge in [-0.2, -0.15) is 0 Å². The van der Waals surface area contributed by atoms with Gasteiger partial charge < -0.3 is 0 Å². The van der Waals surface area contributed by atoms with Crippen molar-refractivity contribution in [1.82, 2.24) is 5.11 Å². The summed E-state index contributed by atoms with van der Waals surface area (Å²) in [5.74, 6) is 10.8. The third-order valence-electron chi connectivity index (χ3n) is 30.4. The molecule has 4 aliphatic heterocycles. The molecule has 0 aliphatic carbocycles. The van der Waals surface area contributed by atoms with Crippen LogP contribution in [0, 0.1) is 47.3 Å². The van der Waals surface area contributed by atoms with Crippen LogP contribution in [-0.4, -0.2) is 103 Å². The summed E-state index contributed by atoms with van der Waals surface area (Å²) in [4.78, 5) is 36.5. The van der Waals surface area contributed by atoms with E-state index >= 15 is 13.2 Å². The summed E-state index contributed by atoms with van der Waals surface area (Å²) in [5.41, 5.74) is 3.18.